The standard InChI is InChI=1S/C12H21N3OS/c1-3-16-9-8-15-12(13-2)14-7-6-11-5-4-10-17-11/h4-5,10H,3,6-9H2,1-2H3,(H2,13,14,15). The van der Waals surface area contributed by atoms with Crippen LogP contribution in [0, 0.1) is 0 Å². The van der Waals surface area contributed by atoms with Crippen molar-refractivity contribution in [2.24, 2.45) is 4.99 Å². The Kier molecular flexibility index (Phi) is 7.42. The molecule has 0 aromatic carbocycles. The Morgan fingerprint density at radius 3 is 2.88 bits per heavy atom. The molecule has 1 heterocycles. The van der Waals surface area contributed by atoms with Crippen molar-refractivity contribution < 1.29 is 4.74 Å². The minimum absolute atomic E-state index is 0.710. The van der Waals surface area contributed by atoms with Crippen molar-refractivity contribution in [3.8, 4) is 0 Å². The van der Waals surface area contributed by atoms with E-state index in [1.807, 2.05) is 6.92 Å². The van der Waals surface area contributed by atoms with Gasteiger partial charge in [-0.15, -0.1) is 11.3 Å². The van der Waals surface area contributed by atoms with E-state index in [4.69, 9.17) is 4.74 Å². The number of aliphatic imine (C=N–C) groups is 1. The first-order valence-corrected chi connectivity index (χ1v) is 6.79. The Bertz CT molecular complexity index is 312. The smallest absolute Gasteiger partial charge is 0.191 e. The topological polar surface area (TPSA) is 45.6 Å². The van der Waals surface area contributed by atoms with Crippen molar-refractivity contribution in [1.29, 1.82) is 0 Å². The van der Waals surface area contributed by atoms with Crippen molar-refractivity contribution in [2.45, 2.75) is 13.3 Å². The molecule has 17 heavy (non-hydrogen) atoms. The molecular formula is C12H21N3OS. The summed E-state index contributed by atoms with van der Waals surface area (Å²) < 4.78 is 5.25. The summed E-state index contributed by atoms with van der Waals surface area (Å²) in [6.45, 7) is 5.14. The first-order chi connectivity index (χ1) is 8.36. The van der Waals surface area contributed by atoms with Gasteiger partial charge in [-0.2, -0.15) is 0 Å². The van der Waals surface area contributed by atoms with Gasteiger partial charge in [0.1, 0.15) is 0 Å². The molecular weight excluding hydrogens is 234 g/mol. The summed E-state index contributed by atoms with van der Waals surface area (Å²) in [4.78, 5) is 5.54. The number of ether oxygens (including phenoxy) is 1. The Hall–Kier alpha value is -1.07. The van der Waals surface area contributed by atoms with Crippen LogP contribution in [-0.4, -0.2) is 39.3 Å². The summed E-state index contributed by atoms with van der Waals surface area (Å²) >= 11 is 1.79. The third-order valence-corrected chi connectivity index (χ3v) is 3.15. The zero-order valence-corrected chi connectivity index (χ0v) is 11.3. The van der Waals surface area contributed by atoms with Gasteiger partial charge in [0.15, 0.2) is 5.96 Å². The van der Waals surface area contributed by atoms with Gasteiger partial charge in [0, 0.05) is 31.6 Å². The average molecular weight is 255 g/mol. The van der Waals surface area contributed by atoms with E-state index in [0.29, 0.717) is 6.61 Å². The summed E-state index contributed by atoms with van der Waals surface area (Å²) in [5.41, 5.74) is 0. The molecule has 1 aromatic heterocycles. The van der Waals surface area contributed by atoms with Gasteiger partial charge in [-0.25, -0.2) is 0 Å². The third-order valence-electron chi connectivity index (χ3n) is 2.21. The molecule has 0 amide bonds. The Morgan fingerprint density at radius 2 is 2.24 bits per heavy atom. The number of hydrogen-bond acceptors (Lipinski definition) is 3. The lowest BCUT2D eigenvalue weighted by atomic mass is 10.3. The second-order valence-corrected chi connectivity index (χ2v) is 4.48. The Labute approximate surface area is 107 Å². The fourth-order valence-electron chi connectivity index (χ4n) is 1.37. The van der Waals surface area contributed by atoms with E-state index in [2.05, 4.69) is 33.1 Å². The van der Waals surface area contributed by atoms with Gasteiger partial charge in [0.05, 0.1) is 6.61 Å². The highest BCUT2D eigenvalue weighted by molar-refractivity contribution is 7.09. The van der Waals surface area contributed by atoms with Crippen molar-refractivity contribution >= 4 is 17.3 Å². The predicted octanol–water partition coefficient (Wildman–Crippen LogP) is 1.49. The van der Waals surface area contributed by atoms with E-state index >= 15 is 0 Å². The Balaban J connectivity index is 2.10. The fraction of sp³-hybridized carbons (Fsp3) is 0.583. The van der Waals surface area contributed by atoms with Crippen LogP contribution in [0.15, 0.2) is 22.5 Å². The minimum Gasteiger partial charge on any atom is -0.380 e. The molecule has 0 radical (unpaired) electrons. The Morgan fingerprint density at radius 1 is 1.41 bits per heavy atom. The van der Waals surface area contributed by atoms with Gasteiger partial charge in [-0.1, -0.05) is 6.07 Å². The van der Waals surface area contributed by atoms with E-state index in [-0.39, 0.29) is 0 Å². The van der Waals surface area contributed by atoms with Crippen LogP contribution in [0.4, 0.5) is 0 Å². The molecule has 0 spiro atoms. The second kappa shape index (κ2) is 9.01. The molecule has 2 N–H and O–H groups in total. The van der Waals surface area contributed by atoms with Crippen LogP contribution in [-0.2, 0) is 11.2 Å². The highest BCUT2D eigenvalue weighted by Gasteiger charge is 1.97. The minimum atomic E-state index is 0.710. The summed E-state index contributed by atoms with van der Waals surface area (Å²) in [5, 5.41) is 8.58. The van der Waals surface area contributed by atoms with E-state index in [1.54, 1.807) is 18.4 Å². The van der Waals surface area contributed by atoms with Gasteiger partial charge in [0.2, 0.25) is 0 Å². The van der Waals surface area contributed by atoms with Crippen LogP contribution in [0.25, 0.3) is 0 Å². The maximum atomic E-state index is 5.25. The van der Waals surface area contributed by atoms with Crippen LogP contribution in [0.5, 0.6) is 0 Å². The van der Waals surface area contributed by atoms with Crippen molar-refractivity contribution in [3.63, 3.8) is 0 Å². The molecule has 0 saturated carbocycles. The molecule has 0 atom stereocenters. The third kappa shape index (κ3) is 6.28. The van der Waals surface area contributed by atoms with Gasteiger partial charge < -0.3 is 15.4 Å². The lowest BCUT2D eigenvalue weighted by molar-refractivity contribution is 0.152. The maximum Gasteiger partial charge on any atom is 0.191 e. The van der Waals surface area contributed by atoms with Crippen LogP contribution in [0.1, 0.15) is 11.8 Å². The van der Waals surface area contributed by atoms with E-state index < -0.39 is 0 Å². The number of guanidine groups is 1. The molecule has 1 rings (SSSR count). The molecule has 0 fully saturated rings. The second-order valence-electron chi connectivity index (χ2n) is 3.45. The molecule has 4 nitrogen and oxygen atoms in total. The van der Waals surface area contributed by atoms with E-state index in [1.165, 1.54) is 4.88 Å². The SMILES string of the molecule is CCOCCNC(=NC)NCCc1cccs1. The fourth-order valence-corrected chi connectivity index (χ4v) is 2.07. The quantitative estimate of drug-likeness (QED) is 0.441. The zero-order valence-electron chi connectivity index (χ0n) is 10.5. The lowest BCUT2D eigenvalue weighted by Gasteiger charge is -2.11. The molecule has 0 saturated heterocycles. The summed E-state index contributed by atoms with van der Waals surface area (Å²) in [6, 6.07) is 4.23. The predicted molar refractivity (Wildman–Crippen MR) is 73.9 cm³/mol. The zero-order chi connectivity index (χ0) is 12.3. The maximum absolute atomic E-state index is 5.25. The highest BCUT2D eigenvalue weighted by atomic mass is 32.1. The van der Waals surface area contributed by atoms with Gasteiger partial charge in [0.25, 0.3) is 0 Å². The molecule has 5 heteroatoms. The molecule has 0 aliphatic carbocycles. The lowest BCUT2D eigenvalue weighted by Crippen LogP contribution is -2.39. The average Bonchev–Trinajstić information content (AvgIpc) is 2.85. The molecule has 0 aliphatic rings. The van der Waals surface area contributed by atoms with Crippen LogP contribution in [0.3, 0.4) is 0 Å². The number of nitrogens with one attached hydrogen (secondary N) is 2. The molecule has 96 valence electrons. The number of thiophene rings is 1. The molecule has 0 bridgehead atoms. The first kappa shape index (κ1) is 14.0. The van der Waals surface area contributed by atoms with Crippen molar-refractivity contribution in [1.82, 2.24) is 10.6 Å². The van der Waals surface area contributed by atoms with Gasteiger partial charge >= 0.3 is 0 Å². The molecule has 1 aromatic rings. The van der Waals surface area contributed by atoms with Gasteiger partial charge in [-0.3, -0.25) is 4.99 Å². The summed E-state index contributed by atoms with van der Waals surface area (Å²) in [5.74, 6) is 0.834. The normalized spacial score (nSPS) is 11.5. The van der Waals surface area contributed by atoms with Crippen molar-refractivity contribution in [3.05, 3.63) is 22.4 Å². The summed E-state index contributed by atoms with van der Waals surface area (Å²) in [6.07, 6.45) is 1.03. The number of rotatable bonds is 7. The number of hydrogen-bond donors (Lipinski definition) is 2. The monoisotopic (exact) mass is 255 g/mol. The van der Waals surface area contributed by atoms with Crippen LogP contribution < -0.4 is 10.6 Å². The molecule has 0 aliphatic heterocycles. The van der Waals surface area contributed by atoms with E-state index in [0.717, 1.165) is 32.1 Å². The first-order valence-electron chi connectivity index (χ1n) is 5.91. The van der Waals surface area contributed by atoms with Crippen LogP contribution in [0.2, 0.25) is 0 Å². The van der Waals surface area contributed by atoms with E-state index in [9.17, 15) is 0 Å². The van der Waals surface area contributed by atoms with Crippen molar-refractivity contribution in [2.75, 3.05) is 33.4 Å². The molecule has 0 unspecified atom stereocenters. The van der Waals surface area contributed by atoms with Crippen LogP contribution >= 0.6 is 11.3 Å². The van der Waals surface area contributed by atoms with Gasteiger partial charge in [-0.05, 0) is 24.8 Å². The highest BCUT2D eigenvalue weighted by Crippen LogP contribution is 2.07. The largest absolute Gasteiger partial charge is 0.380 e. The summed E-state index contributed by atoms with van der Waals surface area (Å²) in [7, 11) is 1.78. The number of nitrogens with zero attached hydrogens (tertiary/aromatic N) is 1.